The first-order valence-electron chi connectivity index (χ1n) is 12.8. The van der Waals surface area contributed by atoms with Gasteiger partial charge in [0.25, 0.3) is 0 Å². The van der Waals surface area contributed by atoms with Gasteiger partial charge < -0.3 is 9.88 Å². The third-order valence-corrected chi connectivity index (χ3v) is 6.77. The van der Waals surface area contributed by atoms with Gasteiger partial charge in [-0.2, -0.15) is 5.10 Å². The maximum atomic E-state index is 5.02. The van der Waals surface area contributed by atoms with Gasteiger partial charge in [0.15, 0.2) is 0 Å². The SMILES string of the molecule is C/C(=C/c1c(C)nn(-c2ccccc2)c1Nc1nc2ccccc2n1Cc1ccccc1)c1ccccc1. The summed E-state index contributed by atoms with van der Waals surface area (Å²) in [6.45, 7) is 4.90. The van der Waals surface area contributed by atoms with Crippen molar-refractivity contribution in [3.8, 4) is 5.69 Å². The van der Waals surface area contributed by atoms with Gasteiger partial charge in [0.1, 0.15) is 5.82 Å². The summed E-state index contributed by atoms with van der Waals surface area (Å²) >= 11 is 0. The maximum Gasteiger partial charge on any atom is 0.209 e. The highest BCUT2D eigenvalue weighted by atomic mass is 15.4. The number of hydrogen-bond donors (Lipinski definition) is 1. The molecule has 0 atom stereocenters. The summed E-state index contributed by atoms with van der Waals surface area (Å²) in [6, 6.07) is 39.4. The predicted molar refractivity (Wildman–Crippen MR) is 157 cm³/mol. The lowest BCUT2D eigenvalue weighted by molar-refractivity contribution is 0.824. The first-order valence-corrected chi connectivity index (χ1v) is 12.8. The second kappa shape index (κ2) is 10.2. The molecule has 0 aliphatic carbocycles. The van der Waals surface area contributed by atoms with Gasteiger partial charge in [-0.1, -0.05) is 91.0 Å². The van der Waals surface area contributed by atoms with Crippen molar-refractivity contribution in [2.24, 2.45) is 0 Å². The molecule has 2 aromatic heterocycles. The third kappa shape index (κ3) is 4.62. The number of imidazole rings is 1. The molecule has 6 aromatic rings. The minimum absolute atomic E-state index is 0.705. The number of nitrogens with one attached hydrogen (secondary N) is 1. The van der Waals surface area contributed by atoms with E-state index in [9.17, 15) is 0 Å². The minimum atomic E-state index is 0.705. The molecule has 4 aromatic carbocycles. The van der Waals surface area contributed by atoms with Crippen molar-refractivity contribution in [3.05, 3.63) is 138 Å². The first-order chi connectivity index (χ1) is 18.7. The van der Waals surface area contributed by atoms with Crippen LogP contribution in [0, 0.1) is 6.92 Å². The molecule has 0 spiro atoms. The molecular weight excluding hydrogens is 466 g/mol. The third-order valence-electron chi connectivity index (χ3n) is 6.77. The van der Waals surface area contributed by atoms with Crippen LogP contribution in [0.3, 0.4) is 0 Å². The van der Waals surface area contributed by atoms with Crippen LogP contribution in [0.25, 0.3) is 28.4 Å². The highest BCUT2D eigenvalue weighted by molar-refractivity contribution is 5.86. The molecule has 186 valence electrons. The van der Waals surface area contributed by atoms with E-state index in [2.05, 4.69) is 109 Å². The summed E-state index contributed by atoms with van der Waals surface area (Å²) in [5, 5.41) is 8.67. The average Bonchev–Trinajstić information content (AvgIpc) is 3.47. The number of benzene rings is 4. The Hall–Kier alpha value is -4.90. The molecule has 2 heterocycles. The molecule has 0 aliphatic rings. The van der Waals surface area contributed by atoms with Crippen LogP contribution in [0.15, 0.2) is 115 Å². The summed E-state index contributed by atoms with van der Waals surface area (Å²) in [4.78, 5) is 5.02. The molecule has 38 heavy (non-hydrogen) atoms. The largest absolute Gasteiger partial charge is 0.310 e. The molecule has 0 aliphatic heterocycles. The van der Waals surface area contributed by atoms with Crippen LogP contribution in [-0.4, -0.2) is 19.3 Å². The molecule has 0 saturated carbocycles. The lowest BCUT2D eigenvalue weighted by atomic mass is 10.0. The second-order valence-electron chi connectivity index (χ2n) is 9.41. The molecule has 0 fully saturated rings. The fraction of sp³-hybridized carbons (Fsp3) is 0.0909. The summed E-state index contributed by atoms with van der Waals surface area (Å²) in [7, 11) is 0. The van der Waals surface area contributed by atoms with Crippen LogP contribution in [0.5, 0.6) is 0 Å². The number of aryl methyl sites for hydroxylation is 1. The zero-order valence-corrected chi connectivity index (χ0v) is 21.5. The zero-order valence-electron chi connectivity index (χ0n) is 21.5. The fourth-order valence-corrected chi connectivity index (χ4v) is 4.79. The van der Waals surface area contributed by atoms with Crippen LogP contribution >= 0.6 is 0 Å². The molecule has 0 amide bonds. The van der Waals surface area contributed by atoms with Crippen molar-refractivity contribution in [3.63, 3.8) is 0 Å². The van der Waals surface area contributed by atoms with Gasteiger partial charge in [-0.15, -0.1) is 0 Å². The Morgan fingerprint density at radius 3 is 2.16 bits per heavy atom. The first kappa shape index (κ1) is 23.5. The number of nitrogens with zero attached hydrogens (tertiary/aromatic N) is 4. The van der Waals surface area contributed by atoms with E-state index in [1.165, 1.54) is 16.7 Å². The molecule has 0 bridgehead atoms. The van der Waals surface area contributed by atoms with E-state index >= 15 is 0 Å². The number of para-hydroxylation sites is 3. The highest BCUT2D eigenvalue weighted by Crippen LogP contribution is 2.32. The van der Waals surface area contributed by atoms with Gasteiger partial charge in [-0.3, -0.25) is 0 Å². The Bertz CT molecular complexity index is 1710. The van der Waals surface area contributed by atoms with E-state index < -0.39 is 0 Å². The quantitative estimate of drug-likeness (QED) is 0.245. The number of aromatic nitrogens is 4. The van der Waals surface area contributed by atoms with Gasteiger partial charge in [0, 0.05) is 5.56 Å². The van der Waals surface area contributed by atoms with E-state index in [1.54, 1.807) is 0 Å². The van der Waals surface area contributed by atoms with Gasteiger partial charge in [-0.05, 0) is 60.9 Å². The van der Waals surface area contributed by atoms with Crippen molar-refractivity contribution in [2.75, 3.05) is 5.32 Å². The van der Waals surface area contributed by atoms with Crippen molar-refractivity contribution >= 4 is 34.4 Å². The van der Waals surface area contributed by atoms with Gasteiger partial charge >= 0.3 is 0 Å². The van der Waals surface area contributed by atoms with Crippen molar-refractivity contribution in [2.45, 2.75) is 20.4 Å². The van der Waals surface area contributed by atoms with E-state index in [4.69, 9.17) is 10.1 Å². The number of rotatable bonds is 7. The fourth-order valence-electron chi connectivity index (χ4n) is 4.79. The van der Waals surface area contributed by atoms with Crippen molar-refractivity contribution in [1.82, 2.24) is 19.3 Å². The Labute approximate surface area is 222 Å². The van der Waals surface area contributed by atoms with Crippen molar-refractivity contribution < 1.29 is 0 Å². The van der Waals surface area contributed by atoms with Gasteiger partial charge in [0.05, 0.1) is 29.0 Å². The summed E-state index contributed by atoms with van der Waals surface area (Å²) in [5.41, 5.74) is 8.56. The second-order valence-corrected chi connectivity index (χ2v) is 9.41. The monoisotopic (exact) mass is 495 g/mol. The van der Waals surface area contributed by atoms with Gasteiger partial charge in [-0.25, -0.2) is 9.67 Å². The molecule has 5 nitrogen and oxygen atoms in total. The average molecular weight is 496 g/mol. The maximum absolute atomic E-state index is 5.02. The van der Waals surface area contributed by atoms with Crippen LogP contribution < -0.4 is 5.32 Å². The Kier molecular flexibility index (Phi) is 6.32. The van der Waals surface area contributed by atoms with Crippen LogP contribution in [0.4, 0.5) is 11.8 Å². The zero-order chi connectivity index (χ0) is 25.9. The number of allylic oxidation sites excluding steroid dienone is 1. The highest BCUT2D eigenvalue weighted by Gasteiger charge is 2.19. The predicted octanol–water partition coefficient (Wildman–Crippen LogP) is 7.88. The standard InChI is InChI=1S/C33H29N5/c1-24(27-16-8-4-9-17-27)22-29-25(2)36-38(28-18-10-5-11-19-28)32(29)35-33-34-30-20-12-13-21-31(30)37(33)23-26-14-6-3-7-15-26/h3-22H,23H2,1-2H3,(H,34,35)/b24-22-. The summed E-state index contributed by atoms with van der Waals surface area (Å²) < 4.78 is 4.21. The van der Waals surface area contributed by atoms with E-state index in [-0.39, 0.29) is 0 Å². The van der Waals surface area contributed by atoms with E-state index in [1.807, 2.05) is 41.1 Å². The summed E-state index contributed by atoms with van der Waals surface area (Å²) in [6.07, 6.45) is 2.21. The normalized spacial score (nSPS) is 11.7. The van der Waals surface area contributed by atoms with E-state index in [0.717, 1.165) is 39.7 Å². The minimum Gasteiger partial charge on any atom is -0.310 e. The summed E-state index contributed by atoms with van der Waals surface area (Å²) in [5.74, 6) is 1.66. The molecule has 1 N–H and O–H groups in total. The van der Waals surface area contributed by atoms with Gasteiger partial charge in [0.2, 0.25) is 5.95 Å². The molecule has 0 unspecified atom stereocenters. The number of fused-ring (bicyclic) bond motifs is 1. The molecule has 0 saturated heterocycles. The van der Waals surface area contributed by atoms with E-state index in [0.29, 0.717) is 6.54 Å². The lowest BCUT2D eigenvalue weighted by Gasteiger charge is -2.14. The molecule has 0 radical (unpaired) electrons. The molecular formula is C33H29N5. The Morgan fingerprint density at radius 2 is 1.42 bits per heavy atom. The Balaban J connectivity index is 1.51. The van der Waals surface area contributed by atoms with Crippen LogP contribution in [-0.2, 0) is 6.54 Å². The number of anilines is 2. The van der Waals surface area contributed by atoms with Crippen LogP contribution in [0.1, 0.15) is 29.3 Å². The number of hydrogen-bond acceptors (Lipinski definition) is 3. The Morgan fingerprint density at radius 1 is 0.789 bits per heavy atom. The van der Waals surface area contributed by atoms with Crippen LogP contribution in [0.2, 0.25) is 0 Å². The molecule has 6 rings (SSSR count). The lowest BCUT2D eigenvalue weighted by Crippen LogP contribution is -2.09. The van der Waals surface area contributed by atoms with Crippen molar-refractivity contribution in [1.29, 1.82) is 0 Å². The molecule has 5 heteroatoms. The topological polar surface area (TPSA) is 47.7 Å². The smallest absolute Gasteiger partial charge is 0.209 e.